The van der Waals surface area contributed by atoms with E-state index in [2.05, 4.69) is 4.74 Å². The third-order valence-electron chi connectivity index (χ3n) is 1.65. The Morgan fingerprint density at radius 2 is 1.88 bits per heavy atom. The number of nitrogens with two attached hydrogens (primary N) is 2. The maximum atomic E-state index is 13.1. The molecule has 0 spiro atoms. The first-order chi connectivity index (χ1) is 7.41. The Kier molecular flexibility index (Phi) is 3.39. The van der Waals surface area contributed by atoms with Crippen LogP contribution in [0.25, 0.3) is 0 Å². The van der Waals surface area contributed by atoms with Gasteiger partial charge < -0.3 is 16.2 Å². The molecule has 0 saturated carbocycles. The summed E-state index contributed by atoms with van der Waals surface area (Å²) in [6.07, 6.45) is 0. The van der Waals surface area contributed by atoms with E-state index in [1.807, 2.05) is 0 Å². The number of esters is 1. The van der Waals surface area contributed by atoms with Crippen LogP contribution in [0.4, 0.5) is 14.5 Å². The first-order valence-corrected chi connectivity index (χ1v) is 4.11. The summed E-state index contributed by atoms with van der Waals surface area (Å²) in [7, 11) is 0. The van der Waals surface area contributed by atoms with E-state index in [0.29, 0.717) is 12.1 Å². The van der Waals surface area contributed by atoms with Crippen LogP contribution in [-0.2, 0) is 9.53 Å². The highest BCUT2D eigenvalue weighted by Crippen LogP contribution is 2.17. The number of ether oxygens (including phenoxy) is 1. The molecule has 0 fully saturated rings. The van der Waals surface area contributed by atoms with Crippen LogP contribution < -0.4 is 11.5 Å². The van der Waals surface area contributed by atoms with Crippen LogP contribution in [0.2, 0.25) is 0 Å². The maximum absolute atomic E-state index is 13.1. The zero-order valence-electron chi connectivity index (χ0n) is 8.00. The fourth-order valence-corrected chi connectivity index (χ4v) is 0.933. The fourth-order valence-electron chi connectivity index (χ4n) is 0.933. The number of halogens is 2. The molecular formula is C9H8F2N2O3. The van der Waals surface area contributed by atoms with E-state index in [4.69, 9.17) is 11.5 Å². The van der Waals surface area contributed by atoms with Gasteiger partial charge in [-0.2, -0.15) is 0 Å². The second kappa shape index (κ2) is 4.56. The molecule has 1 aromatic carbocycles. The molecule has 0 aliphatic carbocycles. The normalized spacial score (nSPS) is 9.88. The number of carbonyl (C=O) groups is 2. The molecule has 1 amide bonds. The Hall–Kier alpha value is -2.18. The molecule has 0 aliphatic heterocycles. The van der Waals surface area contributed by atoms with Gasteiger partial charge >= 0.3 is 5.97 Å². The van der Waals surface area contributed by atoms with Gasteiger partial charge in [0.25, 0.3) is 5.91 Å². The molecule has 7 heteroatoms. The summed E-state index contributed by atoms with van der Waals surface area (Å²) in [6, 6.07) is 1.24. The van der Waals surface area contributed by atoms with Crippen molar-refractivity contribution in [3.05, 3.63) is 29.3 Å². The number of nitrogen functional groups attached to an aromatic ring is 1. The van der Waals surface area contributed by atoms with Gasteiger partial charge in [0.2, 0.25) is 0 Å². The summed E-state index contributed by atoms with van der Waals surface area (Å²) >= 11 is 0. The highest BCUT2D eigenvalue weighted by molar-refractivity contribution is 5.91. The molecule has 0 aromatic heterocycles. The van der Waals surface area contributed by atoms with Crippen LogP contribution in [-0.4, -0.2) is 18.5 Å². The fraction of sp³-hybridized carbons (Fsp3) is 0.111. The molecule has 0 heterocycles. The van der Waals surface area contributed by atoms with E-state index in [-0.39, 0.29) is 0 Å². The number of benzene rings is 1. The van der Waals surface area contributed by atoms with Gasteiger partial charge in [-0.25, -0.2) is 13.6 Å². The van der Waals surface area contributed by atoms with Crippen LogP contribution in [0.1, 0.15) is 10.4 Å². The summed E-state index contributed by atoms with van der Waals surface area (Å²) in [6.45, 7) is -0.704. The number of hydrogen-bond donors (Lipinski definition) is 2. The highest BCUT2D eigenvalue weighted by Gasteiger charge is 2.16. The molecule has 0 bridgehead atoms. The maximum Gasteiger partial charge on any atom is 0.341 e. The number of rotatable bonds is 3. The highest BCUT2D eigenvalue weighted by atomic mass is 19.1. The summed E-state index contributed by atoms with van der Waals surface area (Å²) in [5.41, 5.74) is 8.71. The van der Waals surface area contributed by atoms with Gasteiger partial charge in [-0.3, -0.25) is 4.79 Å². The predicted molar refractivity (Wildman–Crippen MR) is 50.2 cm³/mol. The van der Waals surface area contributed by atoms with Crippen molar-refractivity contribution < 1.29 is 23.1 Å². The molecule has 0 unspecified atom stereocenters. The molecule has 4 N–H and O–H groups in total. The van der Waals surface area contributed by atoms with Gasteiger partial charge in [0, 0.05) is 6.07 Å². The Labute approximate surface area is 89.0 Å². The van der Waals surface area contributed by atoms with E-state index in [0.717, 1.165) is 0 Å². The average Bonchev–Trinajstić information content (AvgIpc) is 2.20. The van der Waals surface area contributed by atoms with Gasteiger partial charge in [-0.15, -0.1) is 0 Å². The molecule has 5 nitrogen and oxygen atoms in total. The minimum atomic E-state index is -1.19. The smallest absolute Gasteiger partial charge is 0.341 e. The summed E-state index contributed by atoms with van der Waals surface area (Å²) < 4.78 is 30.4. The van der Waals surface area contributed by atoms with Gasteiger partial charge in [0.15, 0.2) is 6.61 Å². The second-order valence-electron chi connectivity index (χ2n) is 2.90. The first-order valence-electron chi connectivity index (χ1n) is 4.11. The second-order valence-corrected chi connectivity index (χ2v) is 2.90. The van der Waals surface area contributed by atoms with Gasteiger partial charge in [0.05, 0.1) is 11.3 Å². The van der Waals surface area contributed by atoms with E-state index >= 15 is 0 Å². The standard InChI is InChI=1S/C9H8F2N2O3/c10-5-2-7(12)6(11)1-4(5)9(15)16-3-8(13)14/h1-2H,3,12H2,(H2,13,14). The summed E-state index contributed by atoms with van der Waals surface area (Å²) in [5, 5.41) is 0. The van der Waals surface area contributed by atoms with Gasteiger partial charge in [0.1, 0.15) is 11.6 Å². The number of anilines is 1. The van der Waals surface area contributed by atoms with Crippen LogP contribution in [0.3, 0.4) is 0 Å². The average molecular weight is 230 g/mol. The van der Waals surface area contributed by atoms with Crippen molar-refractivity contribution in [1.82, 2.24) is 0 Å². The van der Waals surface area contributed by atoms with Crippen molar-refractivity contribution in [2.45, 2.75) is 0 Å². The summed E-state index contributed by atoms with van der Waals surface area (Å²) in [5.74, 6) is -4.07. The molecule has 0 aliphatic rings. The van der Waals surface area contributed by atoms with E-state index in [9.17, 15) is 18.4 Å². The monoisotopic (exact) mass is 230 g/mol. The number of carbonyl (C=O) groups excluding carboxylic acids is 2. The van der Waals surface area contributed by atoms with E-state index in [1.54, 1.807) is 0 Å². The van der Waals surface area contributed by atoms with E-state index < -0.39 is 41.4 Å². The first kappa shape index (κ1) is 11.9. The van der Waals surface area contributed by atoms with Crippen LogP contribution >= 0.6 is 0 Å². The number of primary amides is 1. The lowest BCUT2D eigenvalue weighted by atomic mass is 10.2. The molecule has 1 rings (SSSR count). The molecule has 16 heavy (non-hydrogen) atoms. The van der Waals surface area contributed by atoms with Crippen LogP contribution in [0, 0.1) is 11.6 Å². The molecule has 0 radical (unpaired) electrons. The molecule has 1 aromatic rings. The minimum absolute atomic E-state index is 0.427. The van der Waals surface area contributed by atoms with Crippen molar-refractivity contribution in [2.24, 2.45) is 5.73 Å². The SMILES string of the molecule is NC(=O)COC(=O)c1cc(F)c(N)cc1F. The largest absolute Gasteiger partial charge is 0.452 e. The lowest BCUT2D eigenvalue weighted by Crippen LogP contribution is -2.21. The number of amides is 1. The Morgan fingerprint density at radius 1 is 1.25 bits per heavy atom. The van der Waals surface area contributed by atoms with Crippen molar-refractivity contribution in [3.8, 4) is 0 Å². The quantitative estimate of drug-likeness (QED) is 0.572. The number of hydrogen-bond acceptors (Lipinski definition) is 4. The van der Waals surface area contributed by atoms with Crippen molar-refractivity contribution >= 4 is 17.6 Å². The molecule has 86 valence electrons. The molecule has 0 atom stereocenters. The molecule has 0 saturated heterocycles. The van der Waals surface area contributed by atoms with Crippen molar-refractivity contribution in [3.63, 3.8) is 0 Å². The van der Waals surface area contributed by atoms with Gasteiger partial charge in [-0.1, -0.05) is 0 Å². The third kappa shape index (κ3) is 2.66. The van der Waals surface area contributed by atoms with Crippen molar-refractivity contribution in [1.29, 1.82) is 0 Å². The third-order valence-corrected chi connectivity index (χ3v) is 1.65. The zero-order valence-corrected chi connectivity index (χ0v) is 8.00. The lowest BCUT2D eigenvalue weighted by molar-refractivity contribution is -0.121. The van der Waals surface area contributed by atoms with Crippen molar-refractivity contribution in [2.75, 3.05) is 12.3 Å². The van der Waals surface area contributed by atoms with E-state index in [1.165, 1.54) is 0 Å². The van der Waals surface area contributed by atoms with Crippen LogP contribution in [0.5, 0.6) is 0 Å². The Morgan fingerprint density at radius 3 is 2.44 bits per heavy atom. The summed E-state index contributed by atoms with van der Waals surface area (Å²) in [4.78, 5) is 21.5. The predicted octanol–water partition coefficient (Wildman–Crippen LogP) is 0.189. The molecular weight excluding hydrogens is 222 g/mol. The topological polar surface area (TPSA) is 95.4 Å². The Balaban J connectivity index is 2.91. The minimum Gasteiger partial charge on any atom is -0.452 e. The zero-order chi connectivity index (χ0) is 12.3. The Bertz CT molecular complexity index is 449. The van der Waals surface area contributed by atoms with Gasteiger partial charge in [-0.05, 0) is 6.07 Å². The lowest BCUT2D eigenvalue weighted by Gasteiger charge is -2.05. The van der Waals surface area contributed by atoms with Crippen LogP contribution in [0.15, 0.2) is 12.1 Å².